The van der Waals surface area contributed by atoms with Gasteiger partial charge in [0.1, 0.15) is 5.82 Å². The van der Waals surface area contributed by atoms with Crippen LogP contribution in [0, 0.1) is 5.82 Å². The Hall–Kier alpha value is -1.09. The molecular formula is C16H25FN2. The zero-order chi connectivity index (χ0) is 13.8. The van der Waals surface area contributed by atoms with Crippen molar-refractivity contribution in [2.24, 2.45) is 5.73 Å². The highest BCUT2D eigenvalue weighted by Gasteiger charge is 2.23. The molecule has 1 fully saturated rings. The predicted octanol–water partition coefficient (Wildman–Crippen LogP) is 3.48. The van der Waals surface area contributed by atoms with Gasteiger partial charge >= 0.3 is 0 Å². The molecule has 2 unspecified atom stereocenters. The predicted molar refractivity (Wildman–Crippen MR) is 79.0 cm³/mol. The van der Waals surface area contributed by atoms with Crippen LogP contribution >= 0.6 is 0 Å². The van der Waals surface area contributed by atoms with Crippen molar-refractivity contribution in [3.63, 3.8) is 0 Å². The number of nitrogens with zero attached hydrogens (tertiary/aromatic N) is 1. The molecule has 1 aliphatic rings. The lowest BCUT2D eigenvalue weighted by Crippen LogP contribution is -2.39. The number of rotatable bonds is 4. The van der Waals surface area contributed by atoms with Gasteiger partial charge in [-0.2, -0.15) is 0 Å². The summed E-state index contributed by atoms with van der Waals surface area (Å²) in [4.78, 5) is 2.24. The molecule has 19 heavy (non-hydrogen) atoms. The summed E-state index contributed by atoms with van der Waals surface area (Å²) in [5.41, 5.74) is 7.52. The smallest absolute Gasteiger partial charge is 0.146 e. The van der Waals surface area contributed by atoms with E-state index in [2.05, 4.69) is 11.8 Å². The Morgan fingerprint density at radius 1 is 1.42 bits per heavy atom. The van der Waals surface area contributed by atoms with Crippen molar-refractivity contribution in [3.05, 3.63) is 29.6 Å². The van der Waals surface area contributed by atoms with Crippen molar-refractivity contribution in [2.45, 2.75) is 58.0 Å². The van der Waals surface area contributed by atoms with Crippen LogP contribution in [-0.2, 0) is 6.42 Å². The average Bonchev–Trinajstić information content (AvgIpc) is 2.38. The van der Waals surface area contributed by atoms with Crippen molar-refractivity contribution in [3.8, 4) is 0 Å². The number of anilines is 1. The van der Waals surface area contributed by atoms with E-state index in [0.717, 1.165) is 37.1 Å². The lowest BCUT2D eigenvalue weighted by atomic mass is 9.98. The number of benzene rings is 1. The van der Waals surface area contributed by atoms with Crippen molar-refractivity contribution >= 4 is 5.69 Å². The average molecular weight is 264 g/mol. The van der Waals surface area contributed by atoms with Crippen LogP contribution in [0.5, 0.6) is 0 Å². The maximum Gasteiger partial charge on any atom is 0.146 e. The molecule has 2 N–H and O–H groups in total. The topological polar surface area (TPSA) is 29.3 Å². The number of piperidine rings is 1. The third kappa shape index (κ3) is 3.47. The zero-order valence-corrected chi connectivity index (χ0v) is 12.0. The van der Waals surface area contributed by atoms with Crippen LogP contribution in [0.1, 0.15) is 45.1 Å². The van der Waals surface area contributed by atoms with Gasteiger partial charge in [0.15, 0.2) is 0 Å². The van der Waals surface area contributed by atoms with E-state index in [1.54, 1.807) is 6.07 Å². The fourth-order valence-corrected chi connectivity index (χ4v) is 3.02. The lowest BCUT2D eigenvalue weighted by molar-refractivity contribution is 0.443. The highest BCUT2D eigenvalue weighted by atomic mass is 19.1. The number of halogens is 1. The second-order valence-electron chi connectivity index (χ2n) is 5.72. The molecule has 0 radical (unpaired) electrons. The minimum atomic E-state index is -0.0986. The third-order valence-electron chi connectivity index (χ3n) is 3.98. The van der Waals surface area contributed by atoms with E-state index >= 15 is 0 Å². The summed E-state index contributed by atoms with van der Waals surface area (Å²) in [7, 11) is 0. The van der Waals surface area contributed by atoms with E-state index in [1.165, 1.54) is 12.8 Å². The lowest BCUT2D eigenvalue weighted by Gasteiger charge is -2.37. The summed E-state index contributed by atoms with van der Waals surface area (Å²) in [6.45, 7) is 5.11. The molecule has 1 heterocycles. The largest absolute Gasteiger partial charge is 0.366 e. The van der Waals surface area contributed by atoms with Crippen LogP contribution in [0.3, 0.4) is 0 Å². The van der Waals surface area contributed by atoms with Gasteiger partial charge < -0.3 is 10.6 Å². The quantitative estimate of drug-likeness (QED) is 0.902. The van der Waals surface area contributed by atoms with Crippen molar-refractivity contribution in [2.75, 3.05) is 11.4 Å². The van der Waals surface area contributed by atoms with Gasteiger partial charge in [-0.25, -0.2) is 4.39 Å². The van der Waals surface area contributed by atoms with Crippen LogP contribution in [-0.4, -0.2) is 18.6 Å². The Labute approximate surface area is 115 Å². The number of hydrogen-bond donors (Lipinski definition) is 1. The molecule has 0 spiro atoms. The molecule has 106 valence electrons. The number of hydrogen-bond acceptors (Lipinski definition) is 2. The van der Waals surface area contributed by atoms with Crippen LogP contribution in [0.4, 0.5) is 10.1 Å². The van der Waals surface area contributed by atoms with E-state index in [0.29, 0.717) is 6.04 Å². The van der Waals surface area contributed by atoms with Crippen molar-refractivity contribution in [1.29, 1.82) is 0 Å². The normalized spacial score (nSPS) is 21.5. The SMILES string of the molecule is CCC1CCCCN1c1ccc(CC(C)N)cc1F. The Morgan fingerprint density at radius 3 is 2.84 bits per heavy atom. The second-order valence-corrected chi connectivity index (χ2v) is 5.72. The first kappa shape index (κ1) is 14.3. The molecular weight excluding hydrogens is 239 g/mol. The molecule has 2 rings (SSSR count). The fraction of sp³-hybridized carbons (Fsp3) is 0.625. The molecule has 0 aliphatic carbocycles. The number of nitrogens with two attached hydrogens (primary N) is 1. The van der Waals surface area contributed by atoms with Gasteiger partial charge in [-0.3, -0.25) is 0 Å². The van der Waals surface area contributed by atoms with E-state index < -0.39 is 0 Å². The summed E-state index contributed by atoms with van der Waals surface area (Å²) in [5.74, 6) is -0.0986. The van der Waals surface area contributed by atoms with Gasteiger partial charge in [0.05, 0.1) is 5.69 Å². The summed E-state index contributed by atoms with van der Waals surface area (Å²) in [6.07, 6.45) is 5.42. The van der Waals surface area contributed by atoms with Gasteiger partial charge in [0.2, 0.25) is 0 Å². The first-order chi connectivity index (χ1) is 9.11. The molecule has 3 heteroatoms. The van der Waals surface area contributed by atoms with Crippen molar-refractivity contribution < 1.29 is 4.39 Å². The molecule has 0 aromatic heterocycles. The molecule has 2 atom stereocenters. The molecule has 1 aromatic carbocycles. The Morgan fingerprint density at radius 2 is 2.21 bits per heavy atom. The molecule has 0 saturated carbocycles. The van der Waals surface area contributed by atoms with Crippen LogP contribution < -0.4 is 10.6 Å². The molecule has 1 aliphatic heterocycles. The fourth-order valence-electron chi connectivity index (χ4n) is 3.02. The monoisotopic (exact) mass is 264 g/mol. The van der Waals surface area contributed by atoms with Gasteiger partial charge in [0, 0.05) is 18.6 Å². The maximum absolute atomic E-state index is 14.3. The van der Waals surface area contributed by atoms with Gasteiger partial charge in [-0.1, -0.05) is 13.0 Å². The zero-order valence-electron chi connectivity index (χ0n) is 12.0. The van der Waals surface area contributed by atoms with E-state index in [9.17, 15) is 4.39 Å². The summed E-state index contributed by atoms with van der Waals surface area (Å²) in [6, 6.07) is 6.16. The minimum absolute atomic E-state index is 0.0728. The summed E-state index contributed by atoms with van der Waals surface area (Å²) >= 11 is 0. The van der Waals surface area contributed by atoms with Crippen LogP contribution in [0.25, 0.3) is 0 Å². The van der Waals surface area contributed by atoms with Gasteiger partial charge in [-0.05, 0) is 56.7 Å². The van der Waals surface area contributed by atoms with Crippen molar-refractivity contribution in [1.82, 2.24) is 0 Å². The Kier molecular flexibility index (Phi) is 4.81. The highest BCUT2D eigenvalue weighted by Crippen LogP contribution is 2.29. The molecule has 1 saturated heterocycles. The highest BCUT2D eigenvalue weighted by molar-refractivity contribution is 5.50. The minimum Gasteiger partial charge on any atom is -0.366 e. The summed E-state index contributed by atoms with van der Waals surface area (Å²) < 4.78 is 14.3. The van der Waals surface area contributed by atoms with E-state index in [-0.39, 0.29) is 11.9 Å². The standard InChI is InChI=1S/C16H25FN2/c1-3-14-6-4-5-9-19(14)16-8-7-13(10-12(2)18)11-15(16)17/h7-8,11-12,14H,3-6,9-10,18H2,1-2H3. The Bertz CT molecular complexity index is 417. The molecule has 0 amide bonds. The molecule has 2 nitrogen and oxygen atoms in total. The first-order valence-corrected chi connectivity index (χ1v) is 7.42. The molecule has 1 aromatic rings. The van der Waals surface area contributed by atoms with E-state index in [1.807, 2.05) is 19.1 Å². The van der Waals surface area contributed by atoms with Crippen LogP contribution in [0.15, 0.2) is 18.2 Å². The maximum atomic E-state index is 14.3. The third-order valence-corrected chi connectivity index (χ3v) is 3.98. The van der Waals surface area contributed by atoms with E-state index in [4.69, 9.17) is 5.73 Å². The van der Waals surface area contributed by atoms with Gasteiger partial charge in [-0.15, -0.1) is 0 Å². The second kappa shape index (κ2) is 6.38. The Balaban J connectivity index is 2.19. The van der Waals surface area contributed by atoms with Gasteiger partial charge in [0.25, 0.3) is 0 Å². The first-order valence-electron chi connectivity index (χ1n) is 7.42. The summed E-state index contributed by atoms with van der Waals surface area (Å²) in [5, 5.41) is 0. The van der Waals surface area contributed by atoms with Crippen LogP contribution in [0.2, 0.25) is 0 Å². The molecule has 0 bridgehead atoms.